The molecule has 0 radical (unpaired) electrons. The van der Waals surface area contributed by atoms with E-state index in [0.29, 0.717) is 51.1 Å². The zero-order chi connectivity index (χ0) is 36.2. The van der Waals surface area contributed by atoms with E-state index in [9.17, 15) is 15.0 Å². The van der Waals surface area contributed by atoms with Gasteiger partial charge in [-0.3, -0.25) is 14.6 Å². The van der Waals surface area contributed by atoms with Crippen molar-refractivity contribution in [2.45, 2.75) is 77.9 Å². The molecule has 2 fully saturated rings. The van der Waals surface area contributed by atoms with Crippen LogP contribution >= 0.6 is 0 Å². The largest absolute Gasteiger partial charge is 0.396 e. The first-order valence-electron chi connectivity index (χ1n) is 18.6. The molecule has 0 spiro atoms. The van der Waals surface area contributed by atoms with Crippen LogP contribution < -0.4 is 0 Å². The maximum absolute atomic E-state index is 14.7. The number of carbonyl (C=O) groups is 1. The molecule has 11 nitrogen and oxygen atoms in total. The number of likely N-dealkylation sites (tertiary alicyclic amines) is 1. The highest BCUT2D eigenvalue weighted by atomic mass is 16.6. The predicted molar refractivity (Wildman–Crippen MR) is 201 cm³/mol. The highest BCUT2D eigenvalue weighted by molar-refractivity contribution is 5.86. The number of aryl methyl sites for hydroxylation is 1. The quantitative estimate of drug-likeness (QED) is 0.115. The van der Waals surface area contributed by atoms with Crippen LogP contribution in [0.2, 0.25) is 0 Å². The number of piperidine rings is 1. The number of Topliss-reactive ketones (excluding diaryl/α,β-unsaturated/α-hetero) is 1. The van der Waals surface area contributed by atoms with E-state index < -0.39 is 6.41 Å². The third-order valence-electron chi connectivity index (χ3n) is 10.4. The molecule has 0 bridgehead atoms. The molecule has 11 heteroatoms. The zero-order valence-corrected chi connectivity index (χ0v) is 30.5. The molecule has 2 aliphatic rings. The molecule has 1 unspecified atom stereocenters. The first kappa shape index (κ1) is 36.1. The standard InChI is InChI=1S/C41H51N7O4/c1-41(2,3)27-52-40(51)47-19-17-34(30-11-6-9-28(21-30)29-10-7-12-31(22-29)39-42-44-45-43-39)36(25-47)38(50)26-48(33-15-16-33)24-32-23-46(18-8-20-49)37-14-5-4-13-35(32)37/h4-7,9-14,21-23,33-34,36,40,49,51H,8,15-20,24-27H2,1-3H3,(H,42,43,44,45)/t34-,36+,40?/m1/s1. The lowest BCUT2D eigenvalue weighted by Gasteiger charge is -2.41. The van der Waals surface area contributed by atoms with Gasteiger partial charge in [0.15, 0.2) is 5.78 Å². The van der Waals surface area contributed by atoms with Gasteiger partial charge in [0.25, 0.3) is 0 Å². The summed E-state index contributed by atoms with van der Waals surface area (Å²) >= 11 is 0. The van der Waals surface area contributed by atoms with Crippen molar-refractivity contribution in [3.8, 4) is 22.5 Å². The molecular formula is C41H51N7O4. The van der Waals surface area contributed by atoms with Gasteiger partial charge in [-0.2, -0.15) is 5.21 Å². The van der Waals surface area contributed by atoms with Gasteiger partial charge in [-0.05, 0) is 76.6 Å². The molecule has 1 aliphatic heterocycles. The average Bonchev–Trinajstić information content (AvgIpc) is 3.74. The molecule has 3 N–H and O–H groups in total. The molecule has 1 saturated carbocycles. The normalized spacial score (nSPS) is 19.0. The molecule has 3 aromatic carbocycles. The molecule has 3 heterocycles. The fourth-order valence-corrected chi connectivity index (χ4v) is 7.57. The monoisotopic (exact) mass is 705 g/mol. The van der Waals surface area contributed by atoms with Gasteiger partial charge in [0, 0.05) is 67.4 Å². The van der Waals surface area contributed by atoms with Crippen LogP contribution in [0, 0.1) is 11.3 Å². The minimum Gasteiger partial charge on any atom is -0.396 e. The van der Waals surface area contributed by atoms with E-state index in [0.717, 1.165) is 53.6 Å². The Labute approximate surface area is 305 Å². The second kappa shape index (κ2) is 15.8. The molecule has 7 rings (SSSR count). The summed E-state index contributed by atoms with van der Waals surface area (Å²) in [5.74, 6) is 0.395. The first-order chi connectivity index (χ1) is 25.2. The molecule has 0 amide bonds. The smallest absolute Gasteiger partial charge is 0.216 e. The lowest BCUT2D eigenvalue weighted by atomic mass is 9.77. The number of nitrogens with one attached hydrogen (secondary N) is 1. The van der Waals surface area contributed by atoms with Crippen LogP contribution in [0.1, 0.15) is 63.5 Å². The number of H-pyrrole nitrogens is 1. The fraction of sp³-hybridized carbons (Fsp3) is 0.463. The van der Waals surface area contributed by atoms with E-state index in [1.807, 2.05) is 17.0 Å². The summed E-state index contributed by atoms with van der Waals surface area (Å²) in [5, 5.41) is 36.4. The Kier molecular flexibility index (Phi) is 11.0. The molecule has 5 aromatic rings. The summed E-state index contributed by atoms with van der Waals surface area (Å²) in [6.07, 6.45) is 4.72. The van der Waals surface area contributed by atoms with Crippen LogP contribution in [0.3, 0.4) is 0 Å². The SMILES string of the molecule is CC(C)(C)COC(O)N1CC[C@H](c2cccc(-c3cccc(-c4nn[nH]n4)c3)c2)[C@@H](C(=O)CN(Cc2cn(CCCO)c3ccccc23)C2CC2)C1. The maximum atomic E-state index is 14.7. The Morgan fingerprint density at radius 1 is 1.02 bits per heavy atom. The number of para-hydroxylation sites is 1. The van der Waals surface area contributed by atoms with Gasteiger partial charge in [-0.1, -0.05) is 81.4 Å². The van der Waals surface area contributed by atoms with E-state index in [2.05, 4.69) is 118 Å². The molecule has 1 saturated heterocycles. The minimum atomic E-state index is -1.07. The molecule has 52 heavy (non-hydrogen) atoms. The number of carbonyl (C=O) groups excluding carboxylic acids is 1. The Morgan fingerprint density at radius 2 is 1.79 bits per heavy atom. The number of aromatic amines is 1. The van der Waals surface area contributed by atoms with E-state index in [-0.39, 0.29) is 29.6 Å². The fourth-order valence-electron chi connectivity index (χ4n) is 7.57. The van der Waals surface area contributed by atoms with Gasteiger partial charge in [-0.25, -0.2) is 0 Å². The molecule has 1 aliphatic carbocycles. The van der Waals surface area contributed by atoms with Gasteiger partial charge in [0.1, 0.15) is 0 Å². The summed E-state index contributed by atoms with van der Waals surface area (Å²) in [6.45, 7) is 9.64. The Bertz CT molecular complexity index is 1950. The Morgan fingerprint density at radius 3 is 2.54 bits per heavy atom. The second-order valence-electron chi connectivity index (χ2n) is 15.7. The van der Waals surface area contributed by atoms with Gasteiger partial charge in [-0.15, -0.1) is 10.2 Å². The van der Waals surface area contributed by atoms with Crippen LogP contribution in [0.15, 0.2) is 79.0 Å². The summed E-state index contributed by atoms with van der Waals surface area (Å²) in [6, 6.07) is 25.4. The number of aliphatic hydroxyl groups excluding tert-OH is 2. The van der Waals surface area contributed by atoms with Crippen LogP contribution in [0.5, 0.6) is 0 Å². The van der Waals surface area contributed by atoms with Gasteiger partial charge < -0.3 is 19.5 Å². The van der Waals surface area contributed by atoms with Gasteiger partial charge >= 0.3 is 0 Å². The second-order valence-corrected chi connectivity index (χ2v) is 15.7. The lowest BCUT2D eigenvalue weighted by molar-refractivity contribution is -0.213. The Balaban J connectivity index is 1.15. The van der Waals surface area contributed by atoms with E-state index in [1.165, 1.54) is 10.9 Å². The summed E-state index contributed by atoms with van der Waals surface area (Å²) in [4.78, 5) is 19.0. The third-order valence-corrected chi connectivity index (χ3v) is 10.4. The molecule has 3 atom stereocenters. The molecule has 274 valence electrons. The van der Waals surface area contributed by atoms with Crippen molar-refractivity contribution in [2.24, 2.45) is 11.3 Å². The van der Waals surface area contributed by atoms with Crippen molar-refractivity contribution in [1.82, 2.24) is 35.0 Å². The number of rotatable bonds is 15. The van der Waals surface area contributed by atoms with Gasteiger partial charge in [0.05, 0.1) is 13.2 Å². The topological polar surface area (TPSA) is 133 Å². The van der Waals surface area contributed by atoms with Crippen molar-refractivity contribution in [2.75, 3.05) is 32.8 Å². The van der Waals surface area contributed by atoms with Crippen molar-refractivity contribution in [1.29, 1.82) is 0 Å². The summed E-state index contributed by atoms with van der Waals surface area (Å²) in [7, 11) is 0. The maximum Gasteiger partial charge on any atom is 0.216 e. The number of hydrogen-bond acceptors (Lipinski definition) is 9. The number of hydrogen-bond donors (Lipinski definition) is 3. The summed E-state index contributed by atoms with van der Waals surface area (Å²) in [5.41, 5.74) is 6.35. The first-order valence-corrected chi connectivity index (χ1v) is 18.6. The highest BCUT2D eigenvalue weighted by Gasteiger charge is 2.40. The minimum absolute atomic E-state index is 0.0136. The average molecular weight is 706 g/mol. The number of ether oxygens (including phenoxy) is 1. The number of benzene rings is 3. The number of nitrogens with zero attached hydrogens (tertiary/aromatic N) is 6. The number of aliphatic hydroxyl groups is 2. The third kappa shape index (κ3) is 8.51. The van der Waals surface area contributed by atoms with Gasteiger partial charge in [0.2, 0.25) is 12.2 Å². The Hall–Kier alpha value is -4.26. The highest BCUT2D eigenvalue weighted by Crippen LogP contribution is 2.38. The van der Waals surface area contributed by atoms with Crippen LogP contribution in [0.4, 0.5) is 0 Å². The van der Waals surface area contributed by atoms with E-state index in [4.69, 9.17) is 4.74 Å². The van der Waals surface area contributed by atoms with Crippen molar-refractivity contribution in [3.05, 3.63) is 90.1 Å². The lowest BCUT2D eigenvalue weighted by Crippen LogP contribution is -2.50. The van der Waals surface area contributed by atoms with Crippen LogP contribution in [-0.2, 0) is 22.6 Å². The number of fused-ring (bicyclic) bond motifs is 1. The molecular weight excluding hydrogens is 654 g/mol. The number of tetrazole rings is 1. The van der Waals surface area contributed by atoms with Crippen molar-refractivity contribution in [3.63, 3.8) is 0 Å². The summed E-state index contributed by atoms with van der Waals surface area (Å²) < 4.78 is 8.17. The predicted octanol–water partition coefficient (Wildman–Crippen LogP) is 5.85. The number of aromatic nitrogens is 5. The van der Waals surface area contributed by atoms with E-state index in [1.54, 1.807) is 0 Å². The van der Waals surface area contributed by atoms with Crippen molar-refractivity contribution < 1.29 is 19.7 Å². The molecule has 2 aromatic heterocycles. The van der Waals surface area contributed by atoms with Crippen LogP contribution in [-0.4, -0.2) is 96.3 Å². The number of ketones is 1. The van der Waals surface area contributed by atoms with Crippen molar-refractivity contribution >= 4 is 16.7 Å². The van der Waals surface area contributed by atoms with Crippen LogP contribution in [0.25, 0.3) is 33.4 Å². The zero-order valence-electron chi connectivity index (χ0n) is 30.5. The van der Waals surface area contributed by atoms with E-state index >= 15 is 0 Å².